The van der Waals surface area contributed by atoms with Crippen molar-refractivity contribution in [3.05, 3.63) is 24.3 Å². The summed E-state index contributed by atoms with van der Waals surface area (Å²) in [6, 6.07) is 7.85. The summed E-state index contributed by atoms with van der Waals surface area (Å²) in [5, 5.41) is 0. The molecule has 0 fully saturated rings. The predicted octanol–water partition coefficient (Wildman–Crippen LogP) is 1.99. The Labute approximate surface area is 59.3 Å². The minimum absolute atomic E-state index is 0.866. The molecule has 0 aliphatic heterocycles. The molecular formula is C7H9NS. The normalized spacial score (nSPS) is 9.44. The molecule has 0 spiro atoms. The van der Waals surface area contributed by atoms with Crippen LogP contribution < -0.4 is 5.73 Å². The molecule has 48 valence electrons. The van der Waals surface area contributed by atoms with E-state index in [2.05, 4.69) is 0 Å². The zero-order valence-electron chi connectivity index (χ0n) is 5.29. The smallest absolute Gasteiger partial charge is 0.0452 e. The second kappa shape index (κ2) is 2.78. The topological polar surface area (TPSA) is 26.0 Å². The molecule has 0 atom stereocenters. The van der Waals surface area contributed by atoms with Crippen molar-refractivity contribution in [3.8, 4) is 0 Å². The summed E-state index contributed by atoms with van der Waals surface area (Å²) >= 11 is 1.67. The molecule has 0 heterocycles. The molecule has 0 radical (unpaired) electrons. The van der Waals surface area contributed by atoms with E-state index in [1.807, 2.05) is 30.5 Å². The van der Waals surface area contributed by atoms with Gasteiger partial charge in [0.05, 0.1) is 0 Å². The highest BCUT2D eigenvalue weighted by Gasteiger charge is 1.91. The number of benzene rings is 1. The van der Waals surface area contributed by atoms with Crippen LogP contribution in [0.25, 0.3) is 0 Å². The van der Waals surface area contributed by atoms with Crippen molar-refractivity contribution in [2.75, 3.05) is 12.0 Å². The first-order valence-electron chi connectivity index (χ1n) is 2.73. The predicted molar refractivity (Wildman–Crippen MR) is 42.6 cm³/mol. The van der Waals surface area contributed by atoms with E-state index in [1.165, 1.54) is 0 Å². The highest BCUT2D eigenvalue weighted by Crippen LogP contribution is 2.20. The second-order valence-electron chi connectivity index (χ2n) is 1.74. The number of para-hydroxylation sites is 1. The van der Waals surface area contributed by atoms with E-state index in [0.29, 0.717) is 0 Å². The minimum atomic E-state index is 0.866. The Kier molecular flexibility index (Phi) is 2.01. The largest absolute Gasteiger partial charge is 0.398 e. The summed E-state index contributed by atoms with van der Waals surface area (Å²) in [7, 11) is 0. The Morgan fingerprint density at radius 3 is 2.44 bits per heavy atom. The maximum Gasteiger partial charge on any atom is 0.0452 e. The maximum absolute atomic E-state index is 5.61. The van der Waals surface area contributed by atoms with Gasteiger partial charge in [0.15, 0.2) is 0 Å². The zero-order valence-corrected chi connectivity index (χ0v) is 6.11. The average molecular weight is 139 g/mol. The lowest BCUT2D eigenvalue weighted by molar-refractivity contribution is 1.47. The van der Waals surface area contributed by atoms with Crippen LogP contribution in [0.1, 0.15) is 0 Å². The summed E-state index contributed by atoms with van der Waals surface area (Å²) in [5.74, 6) is 0. The van der Waals surface area contributed by atoms with Crippen molar-refractivity contribution in [2.24, 2.45) is 0 Å². The van der Waals surface area contributed by atoms with Crippen molar-refractivity contribution < 1.29 is 0 Å². The van der Waals surface area contributed by atoms with Gasteiger partial charge in [-0.3, -0.25) is 0 Å². The van der Waals surface area contributed by atoms with Gasteiger partial charge < -0.3 is 5.73 Å². The van der Waals surface area contributed by atoms with E-state index in [1.54, 1.807) is 11.8 Å². The Hall–Kier alpha value is -0.630. The van der Waals surface area contributed by atoms with Gasteiger partial charge in [0.25, 0.3) is 0 Å². The summed E-state index contributed by atoms with van der Waals surface area (Å²) in [6.45, 7) is 0. The molecule has 1 aromatic carbocycles. The van der Waals surface area contributed by atoms with Gasteiger partial charge in [-0.15, -0.1) is 11.8 Å². The van der Waals surface area contributed by atoms with Crippen molar-refractivity contribution in [1.29, 1.82) is 0 Å². The van der Waals surface area contributed by atoms with Gasteiger partial charge in [0, 0.05) is 10.6 Å². The quantitative estimate of drug-likeness (QED) is 0.475. The number of hydrogen-bond donors (Lipinski definition) is 1. The van der Waals surface area contributed by atoms with Crippen LogP contribution in [-0.4, -0.2) is 6.26 Å². The van der Waals surface area contributed by atoms with Gasteiger partial charge in [-0.25, -0.2) is 0 Å². The van der Waals surface area contributed by atoms with Crippen LogP contribution in [-0.2, 0) is 0 Å². The van der Waals surface area contributed by atoms with Crippen LogP contribution in [0.2, 0.25) is 0 Å². The van der Waals surface area contributed by atoms with Gasteiger partial charge in [-0.05, 0) is 18.4 Å². The van der Waals surface area contributed by atoms with Crippen LogP contribution >= 0.6 is 11.8 Å². The third kappa shape index (κ3) is 1.39. The highest BCUT2D eigenvalue weighted by molar-refractivity contribution is 7.98. The van der Waals surface area contributed by atoms with Gasteiger partial charge in [0.2, 0.25) is 0 Å². The van der Waals surface area contributed by atoms with Gasteiger partial charge >= 0.3 is 0 Å². The monoisotopic (exact) mass is 139 g/mol. The van der Waals surface area contributed by atoms with E-state index in [4.69, 9.17) is 5.73 Å². The second-order valence-corrected chi connectivity index (χ2v) is 2.59. The molecule has 0 amide bonds. The molecular weight excluding hydrogens is 130 g/mol. The third-order valence-electron chi connectivity index (χ3n) is 1.14. The van der Waals surface area contributed by atoms with Crippen LogP contribution in [0.15, 0.2) is 29.2 Å². The van der Waals surface area contributed by atoms with Crippen LogP contribution in [0, 0.1) is 0 Å². The average Bonchev–Trinajstić information content (AvgIpc) is 1.89. The fourth-order valence-corrected chi connectivity index (χ4v) is 1.18. The lowest BCUT2D eigenvalue weighted by Crippen LogP contribution is -1.85. The number of anilines is 1. The van der Waals surface area contributed by atoms with Gasteiger partial charge in [0.1, 0.15) is 0 Å². The maximum atomic E-state index is 5.61. The lowest BCUT2D eigenvalue weighted by atomic mass is 10.3. The SMILES string of the molecule is CSc1ccccc1N. The molecule has 0 aromatic heterocycles. The van der Waals surface area contributed by atoms with Crippen molar-refractivity contribution >= 4 is 17.4 Å². The first-order chi connectivity index (χ1) is 4.34. The Morgan fingerprint density at radius 2 is 2.00 bits per heavy atom. The molecule has 2 N–H and O–H groups in total. The number of rotatable bonds is 1. The van der Waals surface area contributed by atoms with E-state index in [-0.39, 0.29) is 0 Å². The molecule has 1 rings (SSSR count). The van der Waals surface area contributed by atoms with Crippen molar-refractivity contribution in [3.63, 3.8) is 0 Å². The Morgan fingerprint density at radius 1 is 1.33 bits per heavy atom. The molecule has 0 unspecified atom stereocenters. The fraction of sp³-hybridized carbons (Fsp3) is 0.143. The Balaban J connectivity index is 3.01. The number of thioether (sulfide) groups is 1. The van der Waals surface area contributed by atoms with E-state index in [9.17, 15) is 0 Å². The van der Waals surface area contributed by atoms with E-state index >= 15 is 0 Å². The molecule has 2 heteroatoms. The lowest BCUT2D eigenvalue weighted by Gasteiger charge is -1.97. The highest BCUT2D eigenvalue weighted by atomic mass is 32.2. The molecule has 0 saturated heterocycles. The van der Waals surface area contributed by atoms with Gasteiger partial charge in [-0.2, -0.15) is 0 Å². The molecule has 9 heavy (non-hydrogen) atoms. The van der Waals surface area contributed by atoms with E-state index in [0.717, 1.165) is 10.6 Å². The first-order valence-corrected chi connectivity index (χ1v) is 3.95. The Bertz CT molecular complexity index is 198. The third-order valence-corrected chi connectivity index (χ3v) is 1.95. The number of hydrogen-bond acceptors (Lipinski definition) is 2. The van der Waals surface area contributed by atoms with E-state index < -0.39 is 0 Å². The molecule has 0 saturated carbocycles. The summed E-state index contributed by atoms with van der Waals surface area (Å²) < 4.78 is 0. The standard InChI is InChI=1S/C7H9NS/c1-9-7-5-3-2-4-6(7)8/h2-5H,8H2,1H3. The molecule has 1 aromatic rings. The van der Waals surface area contributed by atoms with Crippen LogP contribution in [0.5, 0.6) is 0 Å². The van der Waals surface area contributed by atoms with Crippen LogP contribution in [0.3, 0.4) is 0 Å². The first kappa shape index (κ1) is 6.49. The summed E-state index contributed by atoms with van der Waals surface area (Å²) in [5.41, 5.74) is 6.48. The van der Waals surface area contributed by atoms with Gasteiger partial charge in [-0.1, -0.05) is 12.1 Å². The molecule has 1 nitrogen and oxygen atoms in total. The summed E-state index contributed by atoms with van der Waals surface area (Å²) in [6.07, 6.45) is 2.02. The van der Waals surface area contributed by atoms with Crippen molar-refractivity contribution in [1.82, 2.24) is 0 Å². The number of nitrogens with two attached hydrogens (primary N) is 1. The minimum Gasteiger partial charge on any atom is -0.398 e. The molecule has 0 aliphatic carbocycles. The van der Waals surface area contributed by atoms with Crippen LogP contribution in [0.4, 0.5) is 5.69 Å². The number of nitrogen functional groups attached to an aromatic ring is 1. The molecule has 0 aliphatic rings. The summed E-state index contributed by atoms with van der Waals surface area (Å²) in [4.78, 5) is 1.15. The van der Waals surface area contributed by atoms with Crippen molar-refractivity contribution in [2.45, 2.75) is 4.90 Å². The molecule has 0 bridgehead atoms. The fourth-order valence-electron chi connectivity index (χ4n) is 0.666. The zero-order chi connectivity index (χ0) is 6.69.